The highest BCUT2D eigenvalue weighted by atomic mass is 35.5. The van der Waals surface area contributed by atoms with Crippen LogP contribution in [0.5, 0.6) is 0 Å². The van der Waals surface area contributed by atoms with Crippen molar-refractivity contribution in [2.45, 2.75) is 4.90 Å². The topological polar surface area (TPSA) is 47.0 Å². The molecule has 0 saturated heterocycles. The van der Waals surface area contributed by atoms with Gasteiger partial charge in [-0.05, 0) is 47.0 Å². The Morgan fingerprint density at radius 1 is 0.958 bits per heavy atom. The summed E-state index contributed by atoms with van der Waals surface area (Å²) in [6.07, 6.45) is 4.25. The van der Waals surface area contributed by atoms with Crippen LogP contribution in [0.1, 0.15) is 0 Å². The van der Waals surface area contributed by atoms with Gasteiger partial charge in [-0.3, -0.25) is 4.98 Å². The molecule has 0 bridgehead atoms. The minimum atomic E-state index is -3.60. The van der Waals surface area contributed by atoms with Crippen LogP contribution in [-0.2, 0) is 9.84 Å². The van der Waals surface area contributed by atoms with Crippen LogP contribution in [0.25, 0.3) is 22.3 Å². The lowest BCUT2D eigenvalue weighted by molar-refractivity contribution is 0.571. The highest BCUT2D eigenvalue weighted by molar-refractivity contribution is 7.90. The molecule has 0 N–H and O–H groups in total. The first kappa shape index (κ1) is 16.6. The number of benzene rings is 2. The molecule has 0 aliphatic carbocycles. The Morgan fingerprint density at radius 3 is 2.25 bits per heavy atom. The van der Waals surface area contributed by atoms with E-state index < -0.39 is 15.7 Å². The molecule has 0 aliphatic heterocycles. The van der Waals surface area contributed by atoms with Crippen molar-refractivity contribution >= 4 is 21.4 Å². The van der Waals surface area contributed by atoms with Gasteiger partial charge < -0.3 is 0 Å². The van der Waals surface area contributed by atoms with E-state index in [-0.39, 0.29) is 4.90 Å². The fraction of sp³-hybridized carbons (Fsp3) is 0.0556. The molecule has 0 amide bonds. The fourth-order valence-electron chi connectivity index (χ4n) is 2.47. The zero-order valence-corrected chi connectivity index (χ0v) is 14.3. The Bertz CT molecular complexity index is 1000. The lowest BCUT2D eigenvalue weighted by atomic mass is 9.96. The second-order valence-corrected chi connectivity index (χ2v) is 7.77. The third-order valence-corrected chi connectivity index (χ3v) is 5.00. The van der Waals surface area contributed by atoms with Gasteiger partial charge in [0.15, 0.2) is 9.84 Å². The summed E-state index contributed by atoms with van der Waals surface area (Å²) in [5.41, 5.74) is 3.02. The van der Waals surface area contributed by atoms with Crippen molar-refractivity contribution in [3.63, 3.8) is 0 Å². The minimum Gasteiger partial charge on any atom is -0.264 e. The Labute approximate surface area is 144 Å². The molecule has 0 unspecified atom stereocenters. The van der Waals surface area contributed by atoms with Crippen LogP contribution < -0.4 is 0 Å². The zero-order valence-electron chi connectivity index (χ0n) is 12.7. The molecule has 0 radical (unpaired) electrons. The number of rotatable bonds is 3. The molecule has 1 heterocycles. The minimum absolute atomic E-state index is 0.316. The number of aromatic nitrogens is 1. The van der Waals surface area contributed by atoms with Crippen molar-refractivity contribution in [3.8, 4) is 22.3 Å². The van der Waals surface area contributed by atoms with E-state index >= 15 is 0 Å². The molecular formula is C18H13ClFNO2S. The van der Waals surface area contributed by atoms with E-state index in [1.807, 2.05) is 18.2 Å². The van der Waals surface area contributed by atoms with E-state index in [0.29, 0.717) is 16.1 Å². The predicted octanol–water partition coefficient (Wildman–Crippen LogP) is 4.61. The number of hydrogen-bond donors (Lipinski definition) is 0. The molecule has 0 saturated carbocycles. The number of halogens is 2. The molecule has 0 spiro atoms. The number of nitrogens with zero attached hydrogens (tertiary/aromatic N) is 1. The second kappa shape index (κ2) is 6.34. The molecule has 3 rings (SSSR count). The largest absolute Gasteiger partial charge is 0.264 e. The third kappa shape index (κ3) is 3.32. The zero-order chi connectivity index (χ0) is 17.3. The molecule has 3 nitrogen and oxygen atoms in total. The van der Waals surface area contributed by atoms with Crippen molar-refractivity contribution in [2.24, 2.45) is 0 Å². The first-order valence-electron chi connectivity index (χ1n) is 7.06. The summed E-state index contributed by atoms with van der Waals surface area (Å²) in [5, 5.41) is 0.623. The van der Waals surface area contributed by atoms with Crippen LogP contribution in [0.3, 0.4) is 0 Å². The third-order valence-electron chi connectivity index (χ3n) is 3.62. The summed E-state index contributed by atoms with van der Waals surface area (Å²) in [6, 6.07) is 13.2. The van der Waals surface area contributed by atoms with Crippen LogP contribution in [0.4, 0.5) is 4.39 Å². The Kier molecular flexibility index (Phi) is 4.39. The summed E-state index contributed by atoms with van der Waals surface area (Å²) < 4.78 is 37.3. The van der Waals surface area contributed by atoms with E-state index in [1.54, 1.807) is 30.6 Å². The van der Waals surface area contributed by atoms with Gasteiger partial charge in [0.1, 0.15) is 10.7 Å². The maximum Gasteiger partial charge on any atom is 0.178 e. The Hall–Kier alpha value is -2.24. The maximum absolute atomic E-state index is 14.2. The van der Waals surface area contributed by atoms with Gasteiger partial charge in [0, 0.05) is 29.2 Å². The van der Waals surface area contributed by atoms with Gasteiger partial charge >= 0.3 is 0 Å². The van der Waals surface area contributed by atoms with Crippen LogP contribution in [0.2, 0.25) is 5.02 Å². The van der Waals surface area contributed by atoms with Crippen LogP contribution in [0, 0.1) is 5.82 Å². The molecule has 0 aliphatic rings. The van der Waals surface area contributed by atoms with E-state index in [1.165, 1.54) is 12.1 Å². The molecular weight excluding hydrogens is 349 g/mol. The summed E-state index contributed by atoms with van der Waals surface area (Å²) in [5.74, 6) is -0.777. The summed E-state index contributed by atoms with van der Waals surface area (Å²) >= 11 is 5.92. The fourth-order valence-corrected chi connectivity index (χ4v) is 3.33. The first-order chi connectivity index (χ1) is 11.4. The highest BCUT2D eigenvalue weighted by Gasteiger charge is 2.16. The predicted molar refractivity (Wildman–Crippen MR) is 93.2 cm³/mol. The number of pyridine rings is 1. The molecule has 122 valence electrons. The average molecular weight is 362 g/mol. The van der Waals surface area contributed by atoms with Gasteiger partial charge in [0.05, 0.1) is 0 Å². The molecule has 3 aromatic rings. The lowest BCUT2D eigenvalue weighted by Crippen LogP contribution is -2.01. The van der Waals surface area contributed by atoms with Crippen molar-refractivity contribution in [1.82, 2.24) is 4.98 Å². The molecule has 6 heteroatoms. The van der Waals surface area contributed by atoms with Gasteiger partial charge in [0.25, 0.3) is 0 Å². The normalized spacial score (nSPS) is 11.5. The van der Waals surface area contributed by atoms with Crippen molar-refractivity contribution in [1.29, 1.82) is 0 Å². The second-order valence-electron chi connectivity index (χ2n) is 5.35. The molecule has 2 aromatic carbocycles. The highest BCUT2D eigenvalue weighted by Crippen LogP contribution is 2.33. The Morgan fingerprint density at radius 2 is 1.62 bits per heavy atom. The van der Waals surface area contributed by atoms with E-state index in [9.17, 15) is 12.8 Å². The summed E-state index contributed by atoms with van der Waals surface area (Å²) in [4.78, 5) is 3.78. The van der Waals surface area contributed by atoms with Gasteiger partial charge in [-0.1, -0.05) is 29.8 Å². The van der Waals surface area contributed by atoms with Crippen LogP contribution >= 0.6 is 11.6 Å². The van der Waals surface area contributed by atoms with Gasteiger partial charge in [-0.15, -0.1) is 0 Å². The quantitative estimate of drug-likeness (QED) is 0.684. The van der Waals surface area contributed by atoms with Gasteiger partial charge in [0.2, 0.25) is 0 Å². The van der Waals surface area contributed by atoms with E-state index in [2.05, 4.69) is 4.98 Å². The summed E-state index contributed by atoms with van der Waals surface area (Å²) in [7, 11) is -3.60. The molecule has 1 aromatic heterocycles. The van der Waals surface area contributed by atoms with E-state index in [4.69, 9.17) is 11.6 Å². The van der Waals surface area contributed by atoms with Crippen LogP contribution in [-0.4, -0.2) is 19.7 Å². The standard InChI is InChI=1S/C18H13ClFNO2S/c1-24(22,23)18-7-4-13(10-17(18)20)16-11-21-9-8-15(16)12-2-5-14(19)6-3-12/h2-11H,1H3. The van der Waals surface area contributed by atoms with Crippen LogP contribution in [0.15, 0.2) is 65.8 Å². The van der Waals surface area contributed by atoms with Crippen molar-refractivity contribution in [3.05, 3.63) is 71.8 Å². The first-order valence-corrected chi connectivity index (χ1v) is 9.33. The van der Waals surface area contributed by atoms with E-state index in [0.717, 1.165) is 17.4 Å². The Balaban J connectivity index is 2.14. The average Bonchev–Trinajstić information content (AvgIpc) is 2.54. The molecule has 0 fully saturated rings. The molecule has 0 atom stereocenters. The van der Waals surface area contributed by atoms with Crippen molar-refractivity contribution < 1.29 is 12.8 Å². The maximum atomic E-state index is 14.2. The monoisotopic (exact) mass is 361 g/mol. The lowest BCUT2D eigenvalue weighted by Gasteiger charge is -2.11. The van der Waals surface area contributed by atoms with Gasteiger partial charge in [-0.25, -0.2) is 12.8 Å². The SMILES string of the molecule is CS(=O)(=O)c1ccc(-c2cnccc2-c2ccc(Cl)cc2)cc1F. The molecule has 24 heavy (non-hydrogen) atoms. The van der Waals surface area contributed by atoms with Crippen molar-refractivity contribution in [2.75, 3.05) is 6.26 Å². The number of hydrogen-bond acceptors (Lipinski definition) is 3. The summed E-state index contributed by atoms with van der Waals surface area (Å²) in [6.45, 7) is 0. The van der Waals surface area contributed by atoms with Gasteiger partial charge in [-0.2, -0.15) is 0 Å². The number of sulfone groups is 1. The smallest absolute Gasteiger partial charge is 0.178 e.